The summed E-state index contributed by atoms with van der Waals surface area (Å²) in [5, 5.41) is 0. The Kier molecular flexibility index (Phi) is 9.37. The van der Waals surface area contributed by atoms with Crippen molar-refractivity contribution in [2.45, 2.75) is 38.7 Å². The number of alkyl halides is 1. The van der Waals surface area contributed by atoms with E-state index in [0.29, 0.717) is 17.9 Å². The fraction of sp³-hybridized carbons (Fsp3) is 0.385. The van der Waals surface area contributed by atoms with Crippen molar-refractivity contribution in [2.75, 3.05) is 23.9 Å². The molecule has 9 heteroatoms. The highest BCUT2D eigenvalue weighted by Crippen LogP contribution is 2.27. The fourth-order valence-corrected chi connectivity index (χ4v) is 3.86. The topological polar surface area (TPSA) is 90.0 Å². The molecule has 0 N–H and O–H groups in total. The molecular formula is C26H27ClFNO6. The molecule has 0 unspecified atom stereocenters. The van der Waals surface area contributed by atoms with Crippen LogP contribution in [-0.2, 0) is 19.1 Å². The van der Waals surface area contributed by atoms with Gasteiger partial charge >= 0.3 is 11.9 Å². The predicted molar refractivity (Wildman–Crippen MR) is 128 cm³/mol. The van der Waals surface area contributed by atoms with Crippen LogP contribution >= 0.6 is 11.6 Å². The van der Waals surface area contributed by atoms with Crippen LogP contribution in [0.1, 0.15) is 53.3 Å². The van der Waals surface area contributed by atoms with Gasteiger partial charge < -0.3 is 14.4 Å². The number of nitrogens with zero attached hydrogens (tertiary/aromatic N) is 1. The van der Waals surface area contributed by atoms with E-state index in [2.05, 4.69) is 0 Å². The van der Waals surface area contributed by atoms with Gasteiger partial charge in [0.1, 0.15) is 5.82 Å². The third kappa shape index (κ3) is 6.88. The second kappa shape index (κ2) is 12.4. The minimum Gasteiger partial charge on any atom is -0.462 e. The van der Waals surface area contributed by atoms with Crippen molar-refractivity contribution in [1.82, 2.24) is 0 Å². The van der Waals surface area contributed by atoms with Crippen molar-refractivity contribution in [3.8, 4) is 0 Å². The Balaban J connectivity index is 1.62. The number of halogens is 2. The van der Waals surface area contributed by atoms with Crippen molar-refractivity contribution in [3.05, 3.63) is 65.5 Å². The fourth-order valence-electron chi connectivity index (χ4n) is 3.66. The van der Waals surface area contributed by atoms with Crippen LogP contribution in [0, 0.1) is 11.7 Å². The van der Waals surface area contributed by atoms with Crippen LogP contribution in [0.2, 0.25) is 0 Å². The number of carbonyl (C=O) groups is 4. The molecule has 1 aliphatic heterocycles. The minimum atomic E-state index is -1.13. The molecule has 2 atom stereocenters. The maximum absolute atomic E-state index is 13.2. The van der Waals surface area contributed by atoms with Crippen molar-refractivity contribution in [2.24, 2.45) is 5.92 Å². The Morgan fingerprint density at radius 3 is 2.37 bits per heavy atom. The van der Waals surface area contributed by atoms with Gasteiger partial charge in [-0.25, -0.2) is 9.18 Å². The van der Waals surface area contributed by atoms with Crippen molar-refractivity contribution < 1.29 is 33.0 Å². The molecule has 1 saturated heterocycles. The molecule has 186 valence electrons. The van der Waals surface area contributed by atoms with E-state index in [9.17, 15) is 23.6 Å². The first-order chi connectivity index (χ1) is 16.8. The Hall–Kier alpha value is -3.26. The molecule has 0 aliphatic carbocycles. The SMILES string of the molecule is CCCCOC(=O)c1ccc(N2C[C@@H](C(=O)O[C@H](CCCl)C(=O)c3ccc(F)cc3)CC2=O)cc1. The normalized spacial score (nSPS) is 16.1. The monoisotopic (exact) mass is 503 g/mol. The Morgan fingerprint density at radius 2 is 1.74 bits per heavy atom. The van der Waals surface area contributed by atoms with E-state index in [4.69, 9.17) is 21.1 Å². The van der Waals surface area contributed by atoms with Gasteiger partial charge in [-0.1, -0.05) is 13.3 Å². The van der Waals surface area contributed by atoms with E-state index in [0.717, 1.165) is 25.0 Å². The molecule has 0 spiro atoms. The van der Waals surface area contributed by atoms with Crippen LogP contribution in [0.25, 0.3) is 0 Å². The third-order valence-electron chi connectivity index (χ3n) is 5.65. The quantitative estimate of drug-likeness (QED) is 0.193. The van der Waals surface area contributed by atoms with E-state index in [1.807, 2.05) is 6.92 Å². The van der Waals surface area contributed by atoms with Gasteiger partial charge in [-0.3, -0.25) is 14.4 Å². The summed E-state index contributed by atoms with van der Waals surface area (Å²) in [5.41, 5.74) is 1.11. The molecule has 0 aromatic heterocycles. The Bertz CT molecular complexity index is 1060. The molecule has 1 fully saturated rings. The number of benzene rings is 2. The van der Waals surface area contributed by atoms with Crippen LogP contribution < -0.4 is 4.90 Å². The first kappa shape index (κ1) is 26.3. The zero-order chi connectivity index (χ0) is 25.4. The molecule has 1 amide bonds. The highest BCUT2D eigenvalue weighted by atomic mass is 35.5. The molecule has 7 nitrogen and oxygen atoms in total. The smallest absolute Gasteiger partial charge is 0.338 e. The number of ether oxygens (including phenoxy) is 2. The highest BCUT2D eigenvalue weighted by Gasteiger charge is 2.38. The van der Waals surface area contributed by atoms with Gasteiger partial charge in [0.2, 0.25) is 11.7 Å². The van der Waals surface area contributed by atoms with Gasteiger partial charge in [-0.15, -0.1) is 11.6 Å². The summed E-state index contributed by atoms with van der Waals surface area (Å²) >= 11 is 5.79. The van der Waals surface area contributed by atoms with Gasteiger partial charge in [0.05, 0.1) is 18.1 Å². The Morgan fingerprint density at radius 1 is 1.09 bits per heavy atom. The van der Waals surface area contributed by atoms with E-state index in [1.54, 1.807) is 24.3 Å². The van der Waals surface area contributed by atoms with E-state index >= 15 is 0 Å². The standard InChI is InChI=1S/C26H27ClFNO6/c1-2-3-14-34-25(32)18-6-10-21(11-7-18)29-16-19(15-23(29)30)26(33)35-22(12-13-27)24(31)17-4-8-20(28)9-5-17/h4-11,19,22H,2-3,12-16H2,1H3/t19-,22+/m0/s1. The van der Waals surface area contributed by atoms with E-state index < -0.39 is 35.6 Å². The lowest BCUT2D eigenvalue weighted by molar-refractivity contribution is -0.151. The third-order valence-corrected chi connectivity index (χ3v) is 5.87. The lowest BCUT2D eigenvalue weighted by Gasteiger charge is -2.19. The molecule has 35 heavy (non-hydrogen) atoms. The van der Waals surface area contributed by atoms with Gasteiger partial charge in [0.25, 0.3) is 0 Å². The number of hydrogen-bond donors (Lipinski definition) is 0. The highest BCUT2D eigenvalue weighted by molar-refractivity contribution is 6.18. The molecule has 0 radical (unpaired) electrons. The van der Waals surface area contributed by atoms with Gasteiger partial charge in [0.15, 0.2) is 6.10 Å². The van der Waals surface area contributed by atoms with Crippen molar-refractivity contribution in [1.29, 1.82) is 0 Å². The molecule has 0 saturated carbocycles. The van der Waals surface area contributed by atoms with Crippen LogP contribution in [0.15, 0.2) is 48.5 Å². The molecular weight excluding hydrogens is 477 g/mol. The maximum atomic E-state index is 13.2. The summed E-state index contributed by atoms with van der Waals surface area (Å²) in [6.07, 6.45) is 0.583. The predicted octanol–water partition coefficient (Wildman–Crippen LogP) is 4.56. The second-order valence-corrected chi connectivity index (χ2v) is 8.59. The maximum Gasteiger partial charge on any atom is 0.338 e. The number of Topliss-reactive ketones (excluding diaryl/α,β-unsaturated/α-hetero) is 1. The molecule has 0 bridgehead atoms. The number of anilines is 1. The lowest BCUT2D eigenvalue weighted by atomic mass is 10.0. The number of carbonyl (C=O) groups excluding carboxylic acids is 4. The lowest BCUT2D eigenvalue weighted by Crippen LogP contribution is -2.32. The molecule has 1 heterocycles. The number of ketones is 1. The summed E-state index contributed by atoms with van der Waals surface area (Å²) in [7, 11) is 0. The number of rotatable bonds is 11. The van der Waals surface area contributed by atoms with Gasteiger partial charge in [-0.05, 0) is 55.0 Å². The summed E-state index contributed by atoms with van der Waals surface area (Å²) in [6, 6.07) is 11.3. The number of amides is 1. The largest absolute Gasteiger partial charge is 0.462 e. The molecule has 2 aromatic rings. The average Bonchev–Trinajstić information content (AvgIpc) is 3.25. The summed E-state index contributed by atoms with van der Waals surface area (Å²) < 4.78 is 23.8. The van der Waals surface area contributed by atoms with E-state index in [-0.39, 0.29) is 36.7 Å². The molecule has 3 rings (SSSR count). The first-order valence-corrected chi connectivity index (χ1v) is 12.0. The number of unbranched alkanes of at least 4 members (excludes halogenated alkanes) is 1. The number of esters is 2. The van der Waals surface area contributed by atoms with Crippen LogP contribution in [0.5, 0.6) is 0 Å². The zero-order valence-corrected chi connectivity index (χ0v) is 20.1. The van der Waals surface area contributed by atoms with E-state index in [1.165, 1.54) is 17.0 Å². The van der Waals surface area contributed by atoms with Gasteiger partial charge in [0, 0.05) is 36.5 Å². The second-order valence-electron chi connectivity index (χ2n) is 8.22. The minimum absolute atomic E-state index is 0.0715. The summed E-state index contributed by atoms with van der Waals surface area (Å²) in [5.74, 6) is -3.05. The van der Waals surface area contributed by atoms with Crippen LogP contribution in [0.3, 0.4) is 0 Å². The number of hydrogen-bond acceptors (Lipinski definition) is 6. The summed E-state index contributed by atoms with van der Waals surface area (Å²) in [4.78, 5) is 51.6. The summed E-state index contributed by atoms with van der Waals surface area (Å²) in [6.45, 7) is 2.43. The Labute approximate surface area is 208 Å². The van der Waals surface area contributed by atoms with Gasteiger partial charge in [-0.2, -0.15) is 0 Å². The average molecular weight is 504 g/mol. The van der Waals surface area contributed by atoms with Crippen LogP contribution in [-0.4, -0.2) is 48.8 Å². The molecule has 1 aliphatic rings. The zero-order valence-electron chi connectivity index (χ0n) is 19.4. The van der Waals surface area contributed by atoms with Crippen LogP contribution in [0.4, 0.5) is 10.1 Å². The van der Waals surface area contributed by atoms with Crippen molar-refractivity contribution in [3.63, 3.8) is 0 Å². The van der Waals surface area contributed by atoms with Crippen molar-refractivity contribution >= 4 is 40.9 Å². The molecule has 2 aromatic carbocycles. The first-order valence-electron chi connectivity index (χ1n) is 11.5.